The number of allylic oxidation sites excluding steroid dienone is 1. The van der Waals surface area contributed by atoms with Crippen LogP contribution in [-0.4, -0.2) is 11.7 Å². The van der Waals surface area contributed by atoms with Gasteiger partial charge in [0.15, 0.2) is 0 Å². The van der Waals surface area contributed by atoms with Gasteiger partial charge in [0.05, 0.1) is 0 Å². The van der Waals surface area contributed by atoms with E-state index in [9.17, 15) is 5.11 Å². The Morgan fingerprint density at radius 1 is 1.38 bits per heavy atom. The third-order valence-corrected chi connectivity index (χ3v) is 5.92. The lowest BCUT2D eigenvalue weighted by Gasteiger charge is -2.54. The van der Waals surface area contributed by atoms with Gasteiger partial charge in [-0.25, -0.2) is 0 Å². The summed E-state index contributed by atoms with van der Waals surface area (Å²) < 4.78 is 0. The van der Waals surface area contributed by atoms with E-state index in [0.717, 1.165) is 0 Å². The molecular weight excluding hydrogens is 196 g/mol. The lowest BCUT2D eigenvalue weighted by atomic mass is 9.51. The van der Waals surface area contributed by atoms with Crippen molar-refractivity contribution in [2.45, 2.75) is 52.9 Å². The molecule has 2 saturated carbocycles. The van der Waals surface area contributed by atoms with Gasteiger partial charge in [0.25, 0.3) is 0 Å². The molecule has 1 heteroatoms. The Labute approximate surface area is 99.9 Å². The number of aliphatic hydroxyl groups excluding tert-OH is 1. The van der Waals surface area contributed by atoms with E-state index >= 15 is 0 Å². The summed E-state index contributed by atoms with van der Waals surface area (Å²) in [4.78, 5) is 0. The van der Waals surface area contributed by atoms with Gasteiger partial charge >= 0.3 is 0 Å². The van der Waals surface area contributed by atoms with Crippen molar-refractivity contribution in [2.75, 3.05) is 6.61 Å². The second kappa shape index (κ2) is 3.87. The van der Waals surface area contributed by atoms with E-state index in [1.807, 2.05) is 0 Å². The first kappa shape index (κ1) is 12.2. The molecule has 0 saturated heterocycles. The molecule has 0 spiro atoms. The standard InChI is InChI=1S/C15H26O/c1-11(2)15-8-5-6-13(15)14(4,10-16)12(3)7-9-15/h12-13,16H,1,5-10H2,2-4H3. The van der Waals surface area contributed by atoms with Gasteiger partial charge in [0.2, 0.25) is 0 Å². The molecule has 2 aliphatic carbocycles. The second-order valence-electron chi connectivity index (χ2n) is 6.48. The van der Waals surface area contributed by atoms with Crippen molar-refractivity contribution in [1.29, 1.82) is 0 Å². The first-order valence-electron chi connectivity index (χ1n) is 6.74. The smallest absolute Gasteiger partial charge is 0.0490 e. The molecule has 16 heavy (non-hydrogen) atoms. The molecule has 0 heterocycles. The highest BCUT2D eigenvalue weighted by Gasteiger charge is 2.56. The molecule has 0 radical (unpaired) electrons. The van der Waals surface area contributed by atoms with Crippen LogP contribution in [-0.2, 0) is 0 Å². The molecule has 0 bridgehead atoms. The zero-order chi connectivity index (χ0) is 12.0. The van der Waals surface area contributed by atoms with E-state index in [1.165, 1.54) is 37.7 Å². The molecule has 1 N–H and O–H groups in total. The van der Waals surface area contributed by atoms with Crippen LogP contribution < -0.4 is 0 Å². The molecule has 0 aromatic rings. The number of rotatable bonds is 2. The summed E-state index contributed by atoms with van der Waals surface area (Å²) in [5, 5.41) is 9.83. The van der Waals surface area contributed by atoms with Gasteiger partial charge in [-0.15, -0.1) is 0 Å². The average molecular weight is 222 g/mol. The highest BCUT2D eigenvalue weighted by Crippen LogP contribution is 2.63. The van der Waals surface area contributed by atoms with Crippen molar-refractivity contribution in [2.24, 2.45) is 22.7 Å². The summed E-state index contributed by atoms with van der Waals surface area (Å²) in [6.45, 7) is 11.4. The molecule has 2 aliphatic rings. The molecule has 0 aliphatic heterocycles. The van der Waals surface area contributed by atoms with Crippen LogP contribution in [0.1, 0.15) is 52.9 Å². The molecule has 0 aromatic heterocycles. The molecule has 0 aromatic carbocycles. The molecular formula is C15H26O. The third-order valence-electron chi connectivity index (χ3n) is 5.92. The molecule has 2 fully saturated rings. The highest BCUT2D eigenvalue weighted by atomic mass is 16.3. The predicted molar refractivity (Wildman–Crippen MR) is 68.2 cm³/mol. The van der Waals surface area contributed by atoms with Gasteiger partial charge in [-0.2, -0.15) is 0 Å². The van der Waals surface area contributed by atoms with E-state index < -0.39 is 0 Å². The maximum absolute atomic E-state index is 9.83. The summed E-state index contributed by atoms with van der Waals surface area (Å²) in [5.41, 5.74) is 1.83. The predicted octanol–water partition coefficient (Wildman–Crippen LogP) is 3.78. The molecule has 4 unspecified atom stereocenters. The number of fused-ring (bicyclic) bond motifs is 1. The largest absolute Gasteiger partial charge is 0.396 e. The maximum Gasteiger partial charge on any atom is 0.0490 e. The van der Waals surface area contributed by atoms with Gasteiger partial charge in [0, 0.05) is 6.61 Å². The van der Waals surface area contributed by atoms with E-state index in [2.05, 4.69) is 27.4 Å². The number of hydrogen-bond acceptors (Lipinski definition) is 1. The lowest BCUT2D eigenvalue weighted by molar-refractivity contribution is -0.0574. The minimum atomic E-state index is 0.119. The molecule has 92 valence electrons. The summed E-state index contributed by atoms with van der Waals surface area (Å²) in [6.07, 6.45) is 6.45. The molecule has 1 nitrogen and oxygen atoms in total. The van der Waals surface area contributed by atoms with Crippen LogP contribution in [0.4, 0.5) is 0 Å². The fourth-order valence-electron chi connectivity index (χ4n) is 4.47. The van der Waals surface area contributed by atoms with Crippen LogP contribution >= 0.6 is 0 Å². The monoisotopic (exact) mass is 222 g/mol. The zero-order valence-corrected chi connectivity index (χ0v) is 11.1. The Kier molecular flexibility index (Phi) is 2.94. The summed E-state index contributed by atoms with van der Waals surface area (Å²) >= 11 is 0. The summed E-state index contributed by atoms with van der Waals surface area (Å²) in [5.74, 6) is 1.30. The highest BCUT2D eigenvalue weighted by molar-refractivity contribution is 5.18. The van der Waals surface area contributed by atoms with Crippen molar-refractivity contribution < 1.29 is 5.11 Å². The summed E-state index contributed by atoms with van der Waals surface area (Å²) in [6, 6.07) is 0. The van der Waals surface area contributed by atoms with Crippen LogP contribution in [0, 0.1) is 22.7 Å². The van der Waals surface area contributed by atoms with E-state index in [-0.39, 0.29) is 5.41 Å². The van der Waals surface area contributed by atoms with Gasteiger partial charge in [-0.3, -0.25) is 0 Å². The van der Waals surface area contributed by atoms with Crippen LogP contribution in [0.25, 0.3) is 0 Å². The van der Waals surface area contributed by atoms with Crippen molar-refractivity contribution in [3.63, 3.8) is 0 Å². The van der Waals surface area contributed by atoms with Crippen LogP contribution in [0.3, 0.4) is 0 Å². The second-order valence-corrected chi connectivity index (χ2v) is 6.48. The van der Waals surface area contributed by atoms with E-state index in [4.69, 9.17) is 0 Å². The van der Waals surface area contributed by atoms with E-state index in [0.29, 0.717) is 23.9 Å². The van der Waals surface area contributed by atoms with Crippen LogP contribution in [0.15, 0.2) is 12.2 Å². The molecule has 2 rings (SSSR count). The maximum atomic E-state index is 9.83. The fourth-order valence-corrected chi connectivity index (χ4v) is 4.47. The lowest BCUT2D eigenvalue weighted by Crippen LogP contribution is -2.49. The van der Waals surface area contributed by atoms with E-state index in [1.54, 1.807) is 0 Å². The SMILES string of the molecule is C=C(C)C12CCCC1C(C)(CO)C(C)CC2. The van der Waals surface area contributed by atoms with Gasteiger partial charge in [0.1, 0.15) is 0 Å². The Hall–Kier alpha value is -0.300. The van der Waals surface area contributed by atoms with Crippen molar-refractivity contribution in [3.05, 3.63) is 12.2 Å². The first-order chi connectivity index (χ1) is 7.47. The van der Waals surface area contributed by atoms with Gasteiger partial charge in [-0.05, 0) is 55.3 Å². The van der Waals surface area contributed by atoms with Crippen LogP contribution in [0.2, 0.25) is 0 Å². The average Bonchev–Trinajstić information content (AvgIpc) is 2.70. The fraction of sp³-hybridized carbons (Fsp3) is 0.867. The van der Waals surface area contributed by atoms with Crippen LogP contribution in [0.5, 0.6) is 0 Å². The number of hydrogen-bond donors (Lipinski definition) is 1. The van der Waals surface area contributed by atoms with Crippen molar-refractivity contribution in [1.82, 2.24) is 0 Å². The molecule has 0 amide bonds. The Bertz CT molecular complexity index is 296. The normalized spacial score (nSPS) is 47.8. The molecule has 4 atom stereocenters. The van der Waals surface area contributed by atoms with Gasteiger partial charge < -0.3 is 5.11 Å². The minimum Gasteiger partial charge on any atom is -0.396 e. The minimum absolute atomic E-state index is 0.119. The first-order valence-corrected chi connectivity index (χ1v) is 6.74. The van der Waals surface area contributed by atoms with Gasteiger partial charge in [-0.1, -0.05) is 32.4 Å². The van der Waals surface area contributed by atoms with Crippen molar-refractivity contribution in [3.8, 4) is 0 Å². The Balaban J connectivity index is 2.39. The summed E-state index contributed by atoms with van der Waals surface area (Å²) in [7, 11) is 0. The topological polar surface area (TPSA) is 20.2 Å². The Morgan fingerprint density at radius 3 is 2.62 bits per heavy atom. The third kappa shape index (κ3) is 1.40. The number of aliphatic hydroxyl groups is 1. The Morgan fingerprint density at radius 2 is 2.06 bits per heavy atom. The quantitative estimate of drug-likeness (QED) is 0.705. The van der Waals surface area contributed by atoms with Crippen molar-refractivity contribution >= 4 is 0 Å². The zero-order valence-electron chi connectivity index (χ0n) is 11.1.